The summed E-state index contributed by atoms with van der Waals surface area (Å²) < 4.78 is 0. The van der Waals surface area contributed by atoms with Crippen LogP contribution in [0.4, 0.5) is 10.8 Å². The van der Waals surface area contributed by atoms with E-state index < -0.39 is 0 Å². The molecule has 0 saturated carbocycles. The number of carbonyl (C=O) groups excluding carboxylic acids is 2. The SMILES string of the molecule is CC(C)(C)CC(=O)Nc1nnc([C@H]2CC(=O)N(c3ccc(Cl)cc3)C2)s1. The molecule has 1 fully saturated rings. The summed E-state index contributed by atoms with van der Waals surface area (Å²) in [5.74, 6) is -0.0553. The maximum Gasteiger partial charge on any atom is 0.227 e. The number of anilines is 2. The first kappa shape index (κ1) is 18.8. The number of rotatable bonds is 4. The lowest BCUT2D eigenvalue weighted by Gasteiger charge is -2.16. The van der Waals surface area contributed by atoms with Gasteiger partial charge in [0, 0.05) is 36.0 Å². The summed E-state index contributed by atoms with van der Waals surface area (Å²) in [5.41, 5.74) is 0.735. The molecular weight excluding hydrogens is 372 g/mol. The van der Waals surface area contributed by atoms with E-state index >= 15 is 0 Å². The second kappa shape index (κ2) is 7.32. The van der Waals surface area contributed by atoms with E-state index in [4.69, 9.17) is 11.6 Å². The average molecular weight is 393 g/mol. The van der Waals surface area contributed by atoms with Gasteiger partial charge in [0.2, 0.25) is 16.9 Å². The van der Waals surface area contributed by atoms with Crippen LogP contribution in [0.5, 0.6) is 0 Å². The number of hydrogen-bond acceptors (Lipinski definition) is 5. The number of benzene rings is 1. The van der Waals surface area contributed by atoms with Crippen LogP contribution in [-0.4, -0.2) is 28.6 Å². The van der Waals surface area contributed by atoms with Crippen molar-refractivity contribution < 1.29 is 9.59 Å². The monoisotopic (exact) mass is 392 g/mol. The molecular formula is C18H21ClN4O2S. The average Bonchev–Trinajstić information content (AvgIpc) is 3.13. The van der Waals surface area contributed by atoms with Crippen LogP contribution in [0.1, 0.15) is 44.5 Å². The number of aromatic nitrogens is 2. The fourth-order valence-corrected chi connectivity index (χ4v) is 3.82. The molecule has 2 heterocycles. The molecule has 1 aliphatic heterocycles. The zero-order valence-electron chi connectivity index (χ0n) is 15.0. The predicted octanol–water partition coefficient (Wildman–Crippen LogP) is 4.09. The van der Waals surface area contributed by atoms with Crippen molar-refractivity contribution in [3.8, 4) is 0 Å². The maximum atomic E-state index is 12.4. The Labute approximate surface area is 161 Å². The lowest BCUT2D eigenvalue weighted by Crippen LogP contribution is -2.24. The van der Waals surface area contributed by atoms with E-state index in [1.54, 1.807) is 17.0 Å². The zero-order valence-corrected chi connectivity index (χ0v) is 16.5. The van der Waals surface area contributed by atoms with E-state index in [9.17, 15) is 9.59 Å². The fraction of sp³-hybridized carbons (Fsp3) is 0.444. The first-order valence-corrected chi connectivity index (χ1v) is 9.60. The Morgan fingerprint density at radius 1 is 1.31 bits per heavy atom. The minimum Gasteiger partial charge on any atom is -0.312 e. The highest BCUT2D eigenvalue weighted by atomic mass is 35.5. The number of amides is 2. The molecule has 0 radical (unpaired) electrons. The third-order valence-electron chi connectivity index (χ3n) is 3.99. The summed E-state index contributed by atoms with van der Waals surface area (Å²) in [6.07, 6.45) is 0.793. The van der Waals surface area contributed by atoms with Gasteiger partial charge in [0.05, 0.1) is 0 Å². The van der Waals surface area contributed by atoms with Gasteiger partial charge in [0.25, 0.3) is 0 Å². The second-order valence-corrected chi connectivity index (χ2v) is 9.06. The van der Waals surface area contributed by atoms with E-state index in [1.807, 2.05) is 32.9 Å². The Bertz CT molecular complexity index is 813. The van der Waals surface area contributed by atoms with E-state index in [2.05, 4.69) is 15.5 Å². The summed E-state index contributed by atoms with van der Waals surface area (Å²) >= 11 is 7.24. The van der Waals surface area contributed by atoms with Crippen molar-refractivity contribution in [1.29, 1.82) is 0 Å². The molecule has 2 aromatic rings. The minimum absolute atomic E-state index is 0.0241. The van der Waals surface area contributed by atoms with Gasteiger partial charge < -0.3 is 10.2 Å². The molecule has 1 aromatic carbocycles. The van der Waals surface area contributed by atoms with Crippen molar-refractivity contribution >= 4 is 45.6 Å². The summed E-state index contributed by atoms with van der Waals surface area (Å²) in [6.45, 7) is 6.57. The lowest BCUT2D eigenvalue weighted by molar-refractivity contribution is -0.118. The normalized spacial score (nSPS) is 17.6. The molecule has 26 heavy (non-hydrogen) atoms. The minimum atomic E-state index is -0.0887. The third-order valence-corrected chi connectivity index (χ3v) is 5.24. The third kappa shape index (κ3) is 4.59. The van der Waals surface area contributed by atoms with Gasteiger partial charge in [-0.15, -0.1) is 10.2 Å². The highest BCUT2D eigenvalue weighted by molar-refractivity contribution is 7.15. The molecule has 1 aliphatic rings. The van der Waals surface area contributed by atoms with Crippen LogP contribution in [0.25, 0.3) is 0 Å². The number of hydrogen-bond donors (Lipinski definition) is 1. The molecule has 1 aromatic heterocycles. The van der Waals surface area contributed by atoms with E-state index in [0.717, 1.165) is 10.7 Å². The smallest absolute Gasteiger partial charge is 0.227 e. The van der Waals surface area contributed by atoms with Crippen LogP contribution in [-0.2, 0) is 9.59 Å². The number of halogens is 1. The van der Waals surface area contributed by atoms with Crippen molar-refractivity contribution in [2.45, 2.75) is 39.5 Å². The van der Waals surface area contributed by atoms with Gasteiger partial charge in [-0.3, -0.25) is 9.59 Å². The summed E-state index contributed by atoms with van der Waals surface area (Å²) in [7, 11) is 0. The van der Waals surface area contributed by atoms with Gasteiger partial charge in [-0.05, 0) is 29.7 Å². The Balaban J connectivity index is 1.65. The Kier molecular flexibility index (Phi) is 5.29. The van der Waals surface area contributed by atoms with E-state index in [1.165, 1.54) is 11.3 Å². The molecule has 0 bridgehead atoms. The molecule has 1 saturated heterocycles. The van der Waals surface area contributed by atoms with Crippen molar-refractivity contribution in [2.24, 2.45) is 5.41 Å². The van der Waals surface area contributed by atoms with Crippen LogP contribution in [0.3, 0.4) is 0 Å². The van der Waals surface area contributed by atoms with Crippen molar-refractivity contribution in [2.75, 3.05) is 16.8 Å². The fourth-order valence-electron chi connectivity index (χ4n) is 2.84. The highest BCUT2D eigenvalue weighted by Gasteiger charge is 2.34. The first-order chi connectivity index (χ1) is 12.2. The molecule has 0 unspecified atom stereocenters. The first-order valence-electron chi connectivity index (χ1n) is 8.40. The maximum absolute atomic E-state index is 12.4. The summed E-state index contributed by atoms with van der Waals surface area (Å²) in [4.78, 5) is 26.1. The molecule has 6 nitrogen and oxygen atoms in total. The quantitative estimate of drug-likeness (QED) is 0.850. The van der Waals surface area contributed by atoms with Gasteiger partial charge in [-0.2, -0.15) is 0 Å². The highest BCUT2D eigenvalue weighted by Crippen LogP contribution is 2.34. The number of nitrogens with zero attached hydrogens (tertiary/aromatic N) is 3. The van der Waals surface area contributed by atoms with Crippen molar-refractivity contribution in [3.63, 3.8) is 0 Å². The Morgan fingerprint density at radius 3 is 2.65 bits per heavy atom. The summed E-state index contributed by atoms with van der Waals surface area (Å²) in [6, 6.07) is 7.21. The Hall–Kier alpha value is -1.99. The van der Waals surface area contributed by atoms with E-state index in [0.29, 0.717) is 29.5 Å². The predicted molar refractivity (Wildman–Crippen MR) is 104 cm³/mol. The van der Waals surface area contributed by atoms with Crippen LogP contribution in [0.2, 0.25) is 5.02 Å². The molecule has 8 heteroatoms. The standard InChI is InChI=1S/C18H21ClN4O2S/c1-18(2,3)9-14(24)20-17-22-21-16(26-17)11-8-15(25)23(10-11)13-6-4-12(19)5-7-13/h4-7,11H,8-10H2,1-3H3,(H,20,22,24)/t11-/m0/s1. The topological polar surface area (TPSA) is 75.2 Å². The van der Waals surface area contributed by atoms with Gasteiger partial charge in [-0.1, -0.05) is 43.7 Å². The van der Waals surface area contributed by atoms with Gasteiger partial charge in [-0.25, -0.2) is 0 Å². The van der Waals surface area contributed by atoms with Crippen molar-refractivity contribution in [3.05, 3.63) is 34.3 Å². The molecule has 138 valence electrons. The van der Waals surface area contributed by atoms with Crippen LogP contribution < -0.4 is 10.2 Å². The molecule has 0 aliphatic carbocycles. The van der Waals surface area contributed by atoms with Crippen LogP contribution >= 0.6 is 22.9 Å². The Morgan fingerprint density at radius 2 is 2.00 bits per heavy atom. The molecule has 1 N–H and O–H groups in total. The second-order valence-electron chi connectivity index (χ2n) is 7.61. The van der Waals surface area contributed by atoms with Gasteiger partial charge in [0.15, 0.2) is 0 Å². The zero-order chi connectivity index (χ0) is 18.9. The molecule has 3 rings (SSSR count). The van der Waals surface area contributed by atoms with Crippen LogP contribution in [0, 0.1) is 5.41 Å². The number of nitrogens with one attached hydrogen (secondary N) is 1. The lowest BCUT2D eigenvalue weighted by atomic mass is 9.92. The van der Waals surface area contributed by atoms with Gasteiger partial charge >= 0.3 is 0 Å². The van der Waals surface area contributed by atoms with E-state index in [-0.39, 0.29) is 23.1 Å². The van der Waals surface area contributed by atoms with Crippen LogP contribution in [0.15, 0.2) is 24.3 Å². The summed E-state index contributed by atoms with van der Waals surface area (Å²) in [5, 5.41) is 12.9. The molecule has 1 atom stereocenters. The molecule has 2 amide bonds. The number of carbonyl (C=O) groups is 2. The molecule has 0 spiro atoms. The van der Waals surface area contributed by atoms with Gasteiger partial charge in [0.1, 0.15) is 5.01 Å². The van der Waals surface area contributed by atoms with Crippen molar-refractivity contribution in [1.82, 2.24) is 10.2 Å². The largest absolute Gasteiger partial charge is 0.312 e.